The van der Waals surface area contributed by atoms with Crippen molar-refractivity contribution in [2.45, 2.75) is 6.54 Å². The van der Waals surface area contributed by atoms with E-state index in [2.05, 4.69) is 40.7 Å². The average Bonchev–Trinajstić information content (AvgIpc) is 3.33. The Labute approximate surface area is 172 Å². The van der Waals surface area contributed by atoms with Gasteiger partial charge in [0.25, 0.3) is 5.91 Å². The average molecular weight is 410 g/mol. The number of carbonyl (C=O) groups is 1. The second-order valence-electron chi connectivity index (χ2n) is 6.83. The van der Waals surface area contributed by atoms with Gasteiger partial charge in [-0.05, 0) is 28.6 Å². The van der Waals surface area contributed by atoms with E-state index in [0.717, 1.165) is 0 Å². The number of hydrogen-bond donors (Lipinski definition) is 1. The number of benzene rings is 1. The fraction of sp³-hybridized carbons (Fsp3) is 0.389. The van der Waals surface area contributed by atoms with Crippen LogP contribution in [0.15, 0.2) is 30.6 Å². The molecule has 30 heavy (non-hydrogen) atoms. The predicted octanol–water partition coefficient (Wildman–Crippen LogP) is -0.320. The van der Waals surface area contributed by atoms with E-state index in [9.17, 15) is 4.79 Å². The van der Waals surface area contributed by atoms with Crippen molar-refractivity contribution in [2.24, 2.45) is 0 Å². The normalized spacial score (nSPS) is 13.9. The molecule has 0 radical (unpaired) electrons. The molecule has 1 aliphatic heterocycles. The lowest BCUT2D eigenvalue weighted by Gasteiger charge is -2.27. The topological polar surface area (TPSA) is 127 Å². The number of nitrogens with one attached hydrogen (secondary N) is 1. The molecule has 0 aliphatic carbocycles. The van der Waals surface area contributed by atoms with Gasteiger partial charge in [-0.15, -0.1) is 5.10 Å². The Hall–Kier alpha value is -3.67. The van der Waals surface area contributed by atoms with Crippen LogP contribution >= 0.6 is 0 Å². The number of carbonyl (C=O) groups excluding carboxylic acids is 1. The largest absolute Gasteiger partial charge is 0.378 e. The third-order valence-corrected chi connectivity index (χ3v) is 4.48. The van der Waals surface area contributed by atoms with Crippen molar-refractivity contribution in [3.05, 3.63) is 42.0 Å². The van der Waals surface area contributed by atoms with Crippen LogP contribution in [0.2, 0.25) is 0 Å². The Balaban J connectivity index is 1.49. The maximum absolute atomic E-state index is 12.7. The molecule has 12 nitrogen and oxygen atoms in total. The van der Waals surface area contributed by atoms with E-state index in [-0.39, 0.29) is 12.5 Å². The molecule has 1 N–H and O–H groups in total. The summed E-state index contributed by atoms with van der Waals surface area (Å²) < 4.78 is 6.89. The van der Waals surface area contributed by atoms with Crippen molar-refractivity contribution < 1.29 is 9.53 Å². The molecular weight excluding hydrogens is 388 g/mol. The van der Waals surface area contributed by atoms with E-state index in [4.69, 9.17) is 4.74 Å². The predicted molar refractivity (Wildman–Crippen MR) is 108 cm³/mol. The molecule has 0 atom stereocenters. The number of nitrogens with zero attached hydrogens (tertiary/aromatic N) is 9. The fourth-order valence-corrected chi connectivity index (χ4v) is 2.91. The van der Waals surface area contributed by atoms with Crippen LogP contribution in [0.4, 0.5) is 11.9 Å². The first kappa shape index (κ1) is 19.6. The Bertz CT molecular complexity index is 1000. The Morgan fingerprint density at radius 3 is 2.77 bits per heavy atom. The monoisotopic (exact) mass is 410 g/mol. The molecule has 4 rings (SSSR count). The highest BCUT2D eigenvalue weighted by Gasteiger charge is 2.18. The van der Waals surface area contributed by atoms with Crippen molar-refractivity contribution in [3.63, 3.8) is 0 Å². The van der Waals surface area contributed by atoms with Crippen LogP contribution in [0.1, 0.15) is 16.2 Å². The zero-order chi connectivity index (χ0) is 20.9. The number of rotatable bonds is 6. The van der Waals surface area contributed by atoms with Gasteiger partial charge in [-0.3, -0.25) is 4.79 Å². The van der Waals surface area contributed by atoms with E-state index in [1.54, 1.807) is 18.2 Å². The van der Waals surface area contributed by atoms with Crippen molar-refractivity contribution in [1.29, 1.82) is 0 Å². The van der Waals surface area contributed by atoms with Crippen LogP contribution in [0, 0.1) is 0 Å². The zero-order valence-corrected chi connectivity index (χ0v) is 16.8. The van der Waals surface area contributed by atoms with Gasteiger partial charge in [-0.2, -0.15) is 15.0 Å². The van der Waals surface area contributed by atoms with Gasteiger partial charge in [0, 0.05) is 32.7 Å². The van der Waals surface area contributed by atoms with Gasteiger partial charge in [-0.25, -0.2) is 4.68 Å². The van der Waals surface area contributed by atoms with Crippen molar-refractivity contribution in [3.8, 4) is 5.69 Å². The van der Waals surface area contributed by atoms with Crippen LogP contribution in [-0.4, -0.2) is 81.5 Å². The summed E-state index contributed by atoms with van der Waals surface area (Å²) in [6.45, 7) is 2.87. The molecule has 0 saturated carbocycles. The smallest absolute Gasteiger partial charge is 0.251 e. The molecule has 3 aromatic rings. The minimum absolute atomic E-state index is 0.175. The number of amides is 1. The number of morpholine rings is 1. The summed E-state index contributed by atoms with van der Waals surface area (Å²) in [5, 5.41) is 13.9. The van der Waals surface area contributed by atoms with Crippen LogP contribution < -0.4 is 15.1 Å². The molecule has 3 heterocycles. The van der Waals surface area contributed by atoms with Crippen LogP contribution in [0.3, 0.4) is 0 Å². The third kappa shape index (κ3) is 4.49. The summed E-state index contributed by atoms with van der Waals surface area (Å²) in [7, 11) is 3.73. The molecule has 1 fully saturated rings. The van der Waals surface area contributed by atoms with E-state index in [1.165, 1.54) is 11.0 Å². The van der Waals surface area contributed by atoms with Crippen LogP contribution in [0.5, 0.6) is 0 Å². The quantitative estimate of drug-likeness (QED) is 0.577. The van der Waals surface area contributed by atoms with E-state index >= 15 is 0 Å². The second-order valence-corrected chi connectivity index (χ2v) is 6.83. The van der Waals surface area contributed by atoms with Gasteiger partial charge in [-0.1, -0.05) is 6.07 Å². The molecule has 1 saturated heterocycles. The number of aromatic nitrogens is 7. The molecule has 0 spiro atoms. The van der Waals surface area contributed by atoms with Gasteiger partial charge in [0.15, 0.2) is 5.82 Å². The molecule has 2 aromatic heterocycles. The number of tetrazole rings is 1. The number of ether oxygens (including phenoxy) is 1. The lowest BCUT2D eigenvalue weighted by molar-refractivity contribution is 0.0950. The maximum Gasteiger partial charge on any atom is 0.251 e. The number of anilines is 2. The van der Waals surface area contributed by atoms with Crippen molar-refractivity contribution >= 4 is 17.8 Å². The molecule has 156 valence electrons. The highest BCUT2D eigenvalue weighted by Crippen LogP contribution is 2.14. The van der Waals surface area contributed by atoms with Gasteiger partial charge in [0.1, 0.15) is 6.33 Å². The highest BCUT2D eigenvalue weighted by atomic mass is 16.5. The lowest BCUT2D eigenvalue weighted by Crippen LogP contribution is -2.38. The van der Waals surface area contributed by atoms with E-state index in [0.29, 0.717) is 55.3 Å². The minimum atomic E-state index is -0.246. The molecule has 1 amide bonds. The summed E-state index contributed by atoms with van der Waals surface area (Å²) in [4.78, 5) is 30.0. The Morgan fingerprint density at radius 1 is 1.20 bits per heavy atom. The Morgan fingerprint density at radius 2 is 2.03 bits per heavy atom. The van der Waals surface area contributed by atoms with Gasteiger partial charge in [0.2, 0.25) is 11.9 Å². The second kappa shape index (κ2) is 8.78. The molecule has 12 heteroatoms. The molecular formula is C18H22N10O2. The SMILES string of the molecule is CN(C)c1nc(CNC(=O)c2cccc(-n3cnnn3)c2)nc(N2CCOCC2)n1. The molecule has 1 aromatic carbocycles. The van der Waals surface area contributed by atoms with E-state index < -0.39 is 0 Å². The molecule has 0 unspecified atom stereocenters. The summed E-state index contributed by atoms with van der Waals surface area (Å²) in [5.74, 6) is 1.36. The standard InChI is InChI=1S/C18H22N10O2/c1-26(2)17-21-15(22-18(23-17)27-6-8-30-9-7-27)11-19-16(29)13-4-3-5-14(10-13)28-12-20-24-25-28/h3-5,10,12H,6-9,11H2,1-2H3,(H,19,29). The molecule has 1 aliphatic rings. The van der Waals surface area contributed by atoms with Crippen LogP contribution in [0.25, 0.3) is 5.69 Å². The first-order valence-electron chi connectivity index (χ1n) is 9.47. The summed E-state index contributed by atoms with van der Waals surface area (Å²) >= 11 is 0. The highest BCUT2D eigenvalue weighted by molar-refractivity contribution is 5.94. The van der Waals surface area contributed by atoms with Crippen molar-refractivity contribution in [2.75, 3.05) is 50.2 Å². The van der Waals surface area contributed by atoms with Gasteiger partial charge >= 0.3 is 0 Å². The molecule has 0 bridgehead atoms. The zero-order valence-electron chi connectivity index (χ0n) is 16.8. The first-order chi connectivity index (χ1) is 14.6. The lowest BCUT2D eigenvalue weighted by atomic mass is 10.2. The Kier molecular flexibility index (Phi) is 5.75. The fourth-order valence-electron chi connectivity index (χ4n) is 2.91. The minimum Gasteiger partial charge on any atom is -0.378 e. The van der Waals surface area contributed by atoms with Crippen molar-refractivity contribution in [1.82, 2.24) is 40.5 Å². The van der Waals surface area contributed by atoms with Crippen LogP contribution in [-0.2, 0) is 11.3 Å². The first-order valence-corrected chi connectivity index (χ1v) is 9.47. The summed E-state index contributed by atoms with van der Waals surface area (Å²) in [5.41, 5.74) is 1.18. The summed E-state index contributed by atoms with van der Waals surface area (Å²) in [6.07, 6.45) is 1.47. The van der Waals surface area contributed by atoms with E-state index in [1.807, 2.05) is 25.1 Å². The maximum atomic E-state index is 12.7. The third-order valence-electron chi connectivity index (χ3n) is 4.48. The summed E-state index contributed by atoms with van der Waals surface area (Å²) in [6, 6.07) is 7.02. The van der Waals surface area contributed by atoms with Gasteiger partial charge < -0.3 is 19.9 Å². The van der Waals surface area contributed by atoms with Gasteiger partial charge in [0.05, 0.1) is 25.4 Å². The number of hydrogen-bond acceptors (Lipinski definition) is 10.